The molecule has 0 bridgehead atoms. The second-order valence-corrected chi connectivity index (χ2v) is 10.0. The standard InChI is InChI=1S/C24H26N8O4S/c1-31(24-26-11-16(12-27-24)23(34)30-35)13-17-10-18-19(37-17)22(32-6-8-36-9-7-32)29-21(28-18)15-4-2-14(3-5-15)20(25)33/h2-5,11-12,17,35H,6-10,13H2,1H3,(H2,25,33)(H,30,34). The van der Waals surface area contributed by atoms with E-state index in [2.05, 4.69) is 14.9 Å². The number of thioether (sulfide) groups is 1. The van der Waals surface area contributed by atoms with Gasteiger partial charge in [-0.15, -0.1) is 11.8 Å². The van der Waals surface area contributed by atoms with Crippen molar-refractivity contribution in [2.75, 3.05) is 49.7 Å². The number of nitrogens with zero attached hydrogens (tertiary/aromatic N) is 6. The smallest absolute Gasteiger partial charge is 0.277 e. The minimum Gasteiger partial charge on any atom is -0.378 e. The monoisotopic (exact) mass is 522 g/mol. The number of rotatable bonds is 7. The number of nitrogens with two attached hydrogens (primary N) is 1. The number of benzene rings is 1. The van der Waals surface area contributed by atoms with Gasteiger partial charge in [-0.2, -0.15) is 0 Å². The molecule has 2 aliphatic rings. The Balaban J connectivity index is 1.39. The van der Waals surface area contributed by atoms with Crippen LogP contribution >= 0.6 is 11.8 Å². The highest BCUT2D eigenvalue weighted by atomic mass is 32.2. The van der Waals surface area contributed by atoms with Crippen molar-refractivity contribution in [2.45, 2.75) is 16.6 Å². The normalized spacial score (nSPS) is 16.8. The molecule has 3 aromatic rings. The van der Waals surface area contributed by atoms with E-state index < -0.39 is 11.8 Å². The van der Waals surface area contributed by atoms with E-state index in [0.717, 1.165) is 41.5 Å². The molecule has 2 aliphatic heterocycles. The number of hydroxylamine groups is 1. The molecular weight excluding hydrogens is 496 g/mol. The van der Waals surface area contributed by atoms with Crippen molar-refractivity contribution in [1.29, 1.82) is 0 Å². The highest BCUT2D eigenvalue weighted by Gasteiger charge is 2.32. The Morgan fingerprint density at radius 1 is 1.16 bits per heavy atom. The van der Waals surface area contributed by atoms with Crippen LogP contribution in [0.2, 0.25) is 0 Å². The Morgan fingerprint density at radius 2 is 1.86 bits per heavy atom. The van der Waals surface area contributed by atoms with E-state index in [1.54, 1.807) is 29.4 Å². The molecule has 1 atom stereocenters. The van der Waals surface area contributed by atoms with Crippen LogP contribution in [0.1, 0.15) is 26.4 Å². The molecule has 13 heteroatoms. The molecule has 1 unspecified atom stereocenters. The fourth-order valence-electron chi connectivity index (χ4n) is 4.26. The SMILES string of the molecule is CN(CC1Cc2nc(-c3ccc(C(N)=O)cc3)nc(N3CCOCC3)c2S1)c1ncc(C(=O)NO)cn1. The molecular formula is C24H26N8O4S. The van der Waals surface area contributed by atoms with Crippen LogP contribution in [-0.2, 0) is 11.2 Å². The fourth-order valence-corrected chi connectivity index (χ4v) is 5.68. The summed E-state index contributed by atoms with van der Waals surface area (Å²) in [6, 6.07) is 7.00. The first-order valence-corrected chi connectivity index (χ1v) is 12.6. The summed E-state index contributed by atoms with van der Waals surface area (Å²) in [4.78, 5) is 46.6. The molecule has 0 radical (unpaired) electrons. The van der Waals surface area contributed by atoms with E-state index in [1.165, 1.54) is 12.4 Å². The third-order valence-corrected chi connectivity index (χ3v) is 7.49. The molecule has 0 aliphatic carbocycles. The molecule has 4 heterocycles. The van der Waals surface area contributed by atoms with Crippen LogP contribution in [0.3, 0.4) is 0 Å². The van der Waals surface area contributed by atoms with Gasteiger partial charge in [-0.3, -0.25) is 14.8 Å². The van der Waals surface area contributed by atoms with E-state index in [1.807, 2.05) is 24.1 Å². The summed E-state index contributed by atoms with van der Waals surface area (Å²) in [5.74, 6) is 0.833. The number of hydrogen-bond acceptors (Lipinski definition) is 11. The summed E-state index contributed by atoms with van der Waals surface area (Å²) in [5.41, 5.74) is 9.36. The fraction of sp³-hybridized carbons (Fsp3) is 0.333. The predicted octanol–water partition coefficient (Wildman–Crippen LogP) is 1.14. The van der Waals surface area contributed by atoms with Gasteiger partial charge in [-0.1, -0.05) is 12.1 Å². The van der Waals surface area contributed by atoms with E-state index in [4.69, 9.17) is 25.6 Å². The minimum absolute atomic E-state index is 0.170. The lowest BCUT2D eigenvalue weighted by atomic mass is 10.1. The van der Waals surface area contributed by atoms with Crippen LogP contribution in [-0.4, -0.2) is 82.1 Å². The van der Waals surface area contributed by atoms with Crippen LogP contribution in [0.25, 0.3) is 11.4 Å². The lowest BCUT2D eigenvalue weighted by Crippen LogP contribution is -2.37. The van der Waals surface area contributed by atoms with Gasteiger partial charge in [0, 0.05) is 61.9 Å². The number of aromatic nitrogens is 4. The van der Waals surface area contributed by atoms with E-state index in [0.29, 0.717) is 37.1 Å². The summed E-state index contributed by atoms with van der Waals surface area (Å²) >= 11 is 1.74. The molecule has 1 aromatic carbocycles. The third-order valence-electron chi connectivity index (χ3n) is 6.18. The average Bonchev–Trinajstić information content (AvgIpc) is 3.35. The van der Waals surface area contributed by atoms with Gasteiger partial charge in [-0.25, -0.2) is 25.4 Å². The highest BCUT2D eigenvalue weighted by molar-refractivity contribution is 8.00. The number of amides is 2. The van der Waals surface area contributed by atoms with Crippen molar-refractivity contribution < 1.29 is 19.5 Å². The van der Waals surface area contributed by atoms with Gasteiger partial charge >= 0.3 is 0 Å². The predicted molar refractivity (Wildman–Crippen MR) is 137 cm³/mol. The number of fused-ring (bicyclic) bond motifs is 1. The number of carbonyl (C=O) groups is 2. The van der Waals surface area contributed by atoms with Crippen LogP contribution < -0.4 is 21.0 Å². The number of morpholine rings is 1. The maximum Gasteiger partial charge on any atom is 0.277 e. The molecule has 2 aromatic heterocycles. The number of ether oxygens (including phenoxy) is 1. The van der Waals surface area contributed by atoms with E-state index in [9.17, 15) is 9.59 Å². The first-order chi connectivity index (χ1) is 17.9. The maximum atomic E-state index is 11.5. The lowest BCUT2D eigenvalue weighted by Gasteiger charge is -2.29. The van der Waals surface area contributed by atoms with Crippen molar-refractivity contribution in [3.05, 3.63) is 53.5 Å². The zero-order valence-electron chi connectivity index (χ0n) is 20.1. The second-order valence-electron chi connectivity index (χ2n) is 8.72. The Bertz CT molecular complexity index is 1300. The molecule has 2 amide bonds. The van der Waals surface area contributed by atoms with Gasteiger partial charge in [0.1, 0.15) is 5.82 Å². The zero-order chi connectivity index (χ0) is 25.9. The van der Waals surface area contributed by atoms with Crippen LogP contribution in [0, 0.1) is 0 Å². The van der Waals surface area contributed by atoms with Gasteiger partial charge in [0.05, 0.1) is 29.4 Å². The van der Waals surface area contributed by atoms with Crippen LogP contribution in [0.15, 0.2) is 41.6 Å². The molecule has 37 heavy (non-hydrogen) atoms. The maximum absolute atomic E-state index is 11.5. The van der Waals surface area contributed by atoms with Gasteiger partial charge in [0.15, 0.2) is 5.82 Å². The van der Waals surface area contributed by atoms with E-state index in [-0.39, 0.29) is 10.8 Å². The number of hydrogen-bond donors (Lipinski definition) is 3. The van der Waals surface area contributed by atoms with Crippen molar-refractivity contribution in [1.82, 2.24) is 25.4 Å². The van der Waals surface area contributed by atoms with Gasteiger partial charge in [-0.05, 0) is 12.1 Å². The molecule has 0 spiro atoms. The highest BCUT2D eigenvalue weighted by Crippen LogP contribution is 2.43. The summed E-state index contributed by atoms with van der Waals surface area (Å²) < 4.78 is 5.55. The number of carbonyl (C=O) groups excluding carboxylic acids is 2. The Hall–Kier alpha value is -3.81. The molecule has 0 saturated carbocycles. The van der Waals surface area contributed by atoms with Crippen molar-refractivity contribution in [2.24, 2.45) is 5.73 Å². The summed E-state index contributed by atoms with van der Waals surface area (Å²) in [7, 11) is 1.89. The minimum atomic E-state index is -0.662. The van der Waals surface area contributed by atoms with Gasteiger partial charge in [0.2, 0.25) is 11.9 Å². The largest absolute Gasteiger partial charge is 0.378 e. The first-order valence-electron chi connectivity index (χ1n) is 11.7. The average molecular weight is 523 g/mol. The van der Waals surface area contributed by atoms with Crippen molar-refractivity contribution in [3.63, 3.8) is 0 Å². The molecule has 192 valence electrons. The summed E-state index contributed by atoms with van der Waals surface area (Å²) in [5, 5.41) is 8.96. The third kappa shape index (κ3) is 5.33. The molecule has 1 fully saturated rings. The first kappa shape index (κ1) is 24.9. The number of anilines is 2. The Kier molecular flexibility index (Phi) is 7.17. The number of primary amides is 1. The molecule has 12 nitrogen and oxygen atoms in total. The van der Waals surface area contributed by atoms with E-state index >= 15 is 0 Å². The zero-order valence-corrected chi connectivity index (χ0v) is 20.9. The quantitative estimate of drug-likeness (QED) is 0.302. The molecule has 4 N–H and O–H groups in total. The summed E-state index contributed by atoms with van der Waals surface area (Å²) in [6.45, 7) is 3.42. The Morgan fingerprint density at radius 3 is 2.51 bits per heavy atom. The van der Waals surface area contributed by atoms with Crippen LogP contribution in [0.5, 0.6) is 0 Å². The second kappa shape index (κ2) is 10.7. The van der Waals surface area contributed by atoms with Crippen molar-refractivity contribution in [3.8, 4) is 11.4 Å². The summed E-state index contributed by atoms with van der Waals surface area (Å²) in [6.07, 6.45) is 3.49. The molecule has 1 saturated heterocycles. The van der Waals surface area contributed by atoms with Crippen molar-refractivity contribution >= 4 is 35.3 Å². The van der Waals surface area contributed by atoms with Crippen LogP contribution in [0.4, 0.5) is 11.8 Å². The lowest BCUT2D eigenvalue weighted by molar-refractivity contribution is 0.0705. The van der Waals surface area contributed by atoms with Gasteiger partial charge in [0.25, 0.3) is 5.91 Å². The van der Waals surface area contributed by atoms with Gasteiger partial charge < -0.3 is 20.3 Å². The number of nitrogens with one attached hydrogen (secondary N) is 1. The topological polar surface area (TPSA) is 160 Å². The molecule has 5 rings (SSSR count). The Labute approximate surface area is 217 Å².